The maximum atomic E-state index is 10.5. The van der Waals surface area contributed by atoms with Crippen molar-refractivity contribution >= 4 is 33.9 Å². The Morgan fingerprint density at radius 3 is 2.40 bits per heavy atom. The quantitative estimate of drug-likeness (QED) is 0.239. The maximum Gasteiger partial charge on any atom is 0.294 e. The molecule has 0 spiro atoms. The predicted molar refractivity (Wildman–Crippen MR) is 95.8 cm³/mol. The van der Waals surface area contributed by atoms with Crippen molar-refractivity contribution in [1.82, 2.24) is 10.9 Å². The SMILES string of the molecule is Cc1ccc(S(=O)(=O)O)cc1.N=C(NO)N/N=C/c1cccc(Cl)c1. The van der Waals surface area contributed by atoms with E-state index in [2.05, 4.69) is 10.5 Å². The largest absolute Gasteiger partial charge is 0.294 e. The van der Waals surface area contributed by atoms with E-state index in [1.54, 1.807) is 35.8 Å². The van der Waals surface area contributed by atoms with E-state index < -0.39 is 10.1 Å². The van der Waals surface area contributed by atoms with Crippen LogP contribution in [0.4, 0.5) is 0 Å². The van der Waals surface area contributed by atoms with Crippen molar-refractivity contribution in [2.24, 2.45) is 5.10 Å². The second-order valence-electron chi connectivity index (χ2n) is 4.70. The van der Waals surface area contributed by atoms with Gasteiger partial charge in [0.25, 0.3) is 10.1 Å². The van der Waals surface area contributed by atoms with E-state index in [4.69, 9.17) is 26.8 Å². The van der Waals surface area contributed by atoms with E-state index in [0.717, 1.165) is 11.1 Å². The molecule has 0 saturated carbocycles. The van der Waals surface area contributed by atoms with Crippen LogP contribution in [0.15, 0.2) is 58.5 Å². The molecule has 10 heteroatoms. The van der Waals surface area contributed by atoms with Crippen LogP contribution in [0.2, 0.25) is 5.02 Å². The number of hydrogen-bond donors (Lipinski definition) is 5. The molecule has 25 heavy (non-hydrogen) atoms. The zero-order valence-electron chi connectivity index (χ0n) is 13.1. The van der Waals surface area contributed by atoms with Crippen molar-refractivity contribution in [1.29, 1.82) is 5.41 Å². The van der Waals surface area contributed by atoms with E-state index in [0.29, 0.717) is 5.02 Å². The summed E-state index contributed by atoms with van der Waals surface area (Å²) in [5, 5.41) is 19.5. The van der Waals surface area contributed by atoms with Crippen LogP contribution in [0.3, 0.4) is 0 Å². The number of hydrogen-bond acceptors (Lipinski definition) is 5. The van der Waals surface area contributed by atoms with Crippen LogP contribution >= 0.6 is 11.6 Å². The summed E-state index contributed by atoms with van der Waals surface area (Å²) in [6.07, 6.45) is 1.48. The van der Waals surface area contributed by atoms with Crippen molar-refractivity contribution in [3.8, 4) is 0 Å². The summed E-state index contributed by atoms with van der Waals surface area (Å²) in [4.78, 5) is -0.0666. The molecule has 0 aliphatic carbocycles. The highest BCUT2D eigenvalue weighted by Gasteiger charge is 2.06. The molecule has 2 aromatic carbocycles. The maximum absolute atomic E-state index is 10.5. The lowest BCUT2D eigenvalue weighted by molar-refractivity contribution is 0.228. The number of halogens is 1. The highest BCUT2D eigenvalue weighted by Crippen LogP contribution is 2.09. The molecule has 0 radical (unpaired) electrons. The molecule has 5 N–H and O–H groups in total. The molecule has 0 amide bonds. The number of nitrogens with one attached hydrogen (secondary N) is 3. The highest BCUT2D eigenvalue weighted by atomic mass is 35.5. The second kappa shape index (κ2) is 9.74. The van der Waals surface area contributed by atoms with Gasteiger partial charge in [0.15, 0.2) is 0 Å². The molecule has 0 aliphatic rings. The summed E-state index contributed by atoms with van der Waals surface area (Å²) in [6, 6.07) is 13.1. The minimum absolute atomic E-state index is 0.0666. The van der Waals surface area contributed by atoms with Gasteiger partial charge >= 0.3 is 0 Å². The number of rotatable bonds is 3. The van der Waals surface area contributed by atoms with Crippen LogP contribution < -0.4 is 10.9 Å². The Bertz CT molecular complexity index is 839. The lowest BCUT2D eigenvalue weighted by Gasteiger charge is -1.98. The van der Waals surface area contributed by atoms with Gasteiger partial charge in [0.05, 0.1) is 11.1 Å². The van der Waals surface area contributed by atoms with Gasteiger partial charge in [0.2, 0.25) is 5.96 Å². The van der Waals surface area contributed by atoms with E-state index in [1.165, 1.54) is 18.3 Å². The molecule has 2 aromatic rings. The molecular formula is C15H17ClN4O4S. The lowest BCUT2D eigenvalue weighted by atomic mass is 10.2. The van der Waals surface area contributed by atoms with Gasteiger partial charge in [-0.3, -0.25) is 15.2 Å². The van der Waals surface area contributed by atoms with E-state index in [9.17, 15) is 8.42 Å². The zero-order chi connectivity index (χ0) is 18.9. The van der Waals surface area contributed by atoms with Crippen molar-refractivity contribution < 1.29 is 18.2 Å². The van der Waals surface area contributed by atoms with Gasteiger partial charge in [-0.2, -0.15) is 13.5 Å². The molecule has 0 bridgehead atoms. The van der Waals surface area contributed by atoms with Crippen molar-refractivity contribution in [3.63, 3.8) is 0 Å². The highest BCUT2D eigenvalue weighted by molar-refractivity contribution is 7.85. The average Bonchev–Trinajstić information content (AvgIpc) is 2.55. The van der Waals surface area contributed by atoms with Gasteiger partial charge in [-0.25, -0.2) is 10.9 Å². The summed E-state index contributed by atoms with van der Waals surface area (Å²) in [5.41, 5.74) is 5.60. The van der Waals surface area contributed by atoms with Crippen LogP contribution in [0.25, 0.3) is 0 Å². The first-order valence-electron chi connectivity index (χ1n) is 6.80. The number of nitrogens with zero attached hydrogens (tertiary/aromatic N) is 1. The normalized spacial score (nSPS) is 10.7. The van der Waals surface area contributed by atoms with Gasteiger partial charge in [-0.15, -0.1) is 0 Å². The number of guanidine groups is 1. The fourth-order valence-electron chi connectivity index (χ4n) is 1.49. The number of hydroxylamine groups is 1. The van der Waals surface area contributed by atoms with Crippen molar-refractivity contribution in [2.45, 2.75) is 11.8 Å². The van der Waals surface area contributed by atoms with Gasteiger partial charge in [-0.05, 0) is 36.8 Å². The van der Waals surface area contributed by atoms with E-state index in [1.807, 2.05) is 13.0 Å². The van der Waals surface area contributed by atoms with E-state index >= 15 is 0 Å². The molecule has 0 fully saturated rings. The second-order valence-corrected chi connectivity index (χ2v) is 6.56. The average molecular weight is 385 g/mol. The number of hydrazone groups is 1. The molecule has 0 aromatic heterocycles. The third-order valence-electron chi connectivity index (χ3n) is 2.67. The van der Waals surface area contributed by atoms with Gasteiger partial charge < -0.3 is 0 Å². The van der Waals surface area contributed by atoms with Crippen LogP contribution in [-0.2, 0) is 10.1 Å². The third kappa shape index (κ3) is 8.27. The Morgan fingerprint density at radius 1 is 1.24 bits per heavy atom. The van der Waals surface area contributed by atoms with E-state index in [-0.39, 0.29) is 10.9 Å². The summed E-state index contributed by atoms with van der Waals surface area (Å²) in [5.74, 6) is -0.303. The molecular weight excluding hydrogens is 368 g/mol. The molecule has 0 heterocycles. The molecule has 2 rings (SSSR count). The molecule has 0 unspecified atom stereocenters. The molecule has 8 nitrogen and oxygen atoms in total. The monoisotopic (exact) mass is 384 g/mol. The fraction of sp³-hybridized carbons (Fsp3) is 0.0667. The van der Waals surface area contributed by atoms with Crippen LogP contribution in [-0.4, -0.2) is 30.4 Å². The first kappa shape index (κ1) is 20.6. The number of benzene rings is 2. The first-order chi connectivity index (χ1) is 11.7. The van der Waals surface area contributed by atoms with Crippen molar-refractivity contribution in [3.05, 3.63) is 64.7 Å². The van der Waals surface area contributed by atoms with Crippen molar-refractivity contribution in [2.75, 3.05) is 0 Å². The smallest absolute Gasteiger partial charge is 0.288 e. The Kier molecular flexibility index (Phi) is 8.02. The Balaban J connectivity index is 0.000000257. The number of aryl methyl sites for hydroxylation is 1. The Labute approximate surface area is 150 Å². The van der Waals surface area contributed by atoms with Crippen LogP contribution in [0.5, 0.6) is 0 Å². The predicted octanol–water partition coefficient (Wildman–Crippen LogP) is 2.42. The third-order valence-corrected chi connectivity index (χ3v) is 3.77. The minimum atomic E-state index is -4.02. The summed E-state index contributed by atoms with van der Waals surface area (Å²) in [6.45, 7) is 1.84. The molecule has 134 valence electrons. The van der Waals surface area contributed by atoms with Crippen LogP contribution in [0, 0.1) is 12.3 Å². The summed E-state index contributed by atoms with van der Waals surface area (Å²) < 4.78 is 29.6. The minimum Gasteiger partial charge on any atom is -0.288 e. The topological polar surface area (TPSA) is 135 Å². The summed E-state index contributed by atoms with van der Waals surface area (Å²) >= 11 is 5.74. The van der Waals surface area contributed by atoms with Crippen LogP contribution in [0.1, 0.15) is 11.1 Å². The molecule has 0 saturated heterocycles. The molecule has 0 aliphatic heterocycles. The standard InChI is InChI=1S/C8H9ClN4O.C7H8O3S/c9-7-3-1-2-6(4-7)5-11-12-8(10)13-14;1-6-2-4-7(5-3-6)11(8,9)10/h1-5,14H,(H3,10,12,13);2-5H,1H3,(H,8,9,10)/b11-5+;. The Morgan fingerprint density at radius 2 is 1.88 bits per heavy atom. The Hall–Kier alpha value is -2.46. The summed E-state index contributed by atoms with van der Waals surface area (Å²) in [7, 11) is -4.02. The van der Waals surface area contributed by atoms with Gasteiger partial charge in [0, 0.05) is 5.02 Å². The lowest BCUT2D eigenvalue weighted by Crippen LogP contribution is -2.30. The molecule has 0 atom stereocenters. The zero-order valence-corrected chi connectivity index (χ0v) is 14.7. The fourth-order valence-corrected chi connectivity index (χ4v) is 2.17. The van der Waals surface area contributed by atoms with Gasteiger partial charge in [-0.1, -0.05) is 41.4 Å². The van der Waals surface area contributed by atoms with Gasteiger partial charge in [0.1, 0.15) is 0 Å². The first-order valence-corrected chi connectivity index (χ1v) is 8.61.